The molecule has 1 amide bonds. The van der Waals surface area contributed by atoms with E-state index in [9.17, 15) is 4.79 Å². The first kappa shape index (κ1) is 25.4. The summed E-state index contributed by atoms with van der Waals surface area (Å²) in [5.41, 5.74) is 2.76. The first-order chi connectivity index (χ1) is 16.1. The summed E-state index contributed by atoms with van der Waals surface area (Å²) in [4.78, 5) is 14.3. The monoisotopic (exact) mass is 487 g/mol. The van der Waals surface area contributed by atoms with Crippen molar-refractivity contribution in [2.75, 3.05) is 39.6 Å². The Morgan fingerprint density at radius 1 is 1.15 bits per heavy atom. The smallest absolute Gasteiger partial charge is 0.291 e. The molecular weight excluding hydrogens is 454 g/mol. The number of furan rings is 1. The first-order valence-corrected chi connectivity index (χ1v) is 13.4. The summed E-state index contributed by atoms with van der Waals surface area (Å²) in [5, 5.41) is 2.78. The normalized spacial score (nSPS) is 16.1. The number of ether oxygens (including phenoxy) is 4. The maximum absolute atomic E-state index is 12.9. The highest BCUT2D eigenvalue weighted by Gasteiger charge is 2.27. The number of aryl methyl sites for hydroxylation is 2. The Morgan fingerprint density at radius 3 is 2.53 bits per heavy atom. The number of rotatable bonds is 9. The number of nitrogens with one attached hydrogen (secondary N) is 1. The number of hydrogen-bond acceptors (Lipinski definition) is 6. The molecule has 0 saturated heterocycles. The molecule has 1 aliphatic heterocycles. The van der Waals surface area contributed by atoms with Gasteiger partial charge in [-0.1, -0.05) is 12.6 Å². The average Bonchev–Trinajstić information content (AvgIpc) is 3.39. The molecule has 1 N–H and O–H groups in total. The SMILES string of the molecule is C=C(/C=C(OC)\C(NC(=O)c1ccc(Oc2cc3c(cc2C)CCS3(C)C)o1)=C(/C)OC)OC. The lowest BCUT2D eigenvalue weighted by molar-refractivity contribution is 0.0926. The van der Waals surface area contributed by atoms with Gasteiger partial charge >= 0.3 is 0 Å². The molecule has 184 valence electrons. The van der Waals surface area contributed by atoms with Crippen LogP contribution < -0.4 is 10.1 Å². The minimum Gasteiger partial charge on any atom is -0.499 e. The molecule has 2 heterocycles. The zero-order valence-corrected chi connectivity index (χ0v) is 21.7. The number of amides is 1. The highest BCUT2D eigenvalue weighted by atomic mass is 32.3. The summed E-state index contributed by atoms with van der Waals surface area (Å²) in [7, 11) is 3.66. The van der Waals surface area contributed by atoms with Gasteiger partial charge in [0.2, 0.25) is 0 Å². The molecule has 0 spiro atoms. The number of allylic oxidation sites excluding steroid dienone is 2. The van der Waals surface area contributed by atoms with Gasteiger partial charge in [0.05, 0.1) is 21.3 Å². The minimum absolute atomic E-state index is 0.0854. The number of hydrogen-bond donors (Lipinski definition) is 1. The van der Waals surface area contributed by atoms with Gasteiger partial charge in [-0.3, -0.25) is 4.79 Å². The van der Waals surface area contributed by atoms with Gasteiger partial charge in [0, 0.05) is 12.1 Å². The van der Waals surface area contributed by atoms with E-state index in [0.29, 0.717) is 23.0 Å². The molecule has 8 heteroatoms. The van der Waals surface area contributed by atoms with Gasteiger partial charge < -0.3 is 28.7 Å². The third kappa shape index (κ3) is 5.44. The molecule has 34 heavy (non-hydrogen) atoms. The second-order valence-corrected chi connectivity index (χ2v) is 12.3. The third-order valence-corrected chi connectivity index (χ3v) is 8.56. The molecule has 0 saturated carbocycles. The summed E-state index contributed by atoms with van der Waals surface area (Å²) in [6, 6.07) is 7.51. The molecule has 0 bridgehead atoms. The Morgan fingerprint density at radius 2 is 1.88 bits per heavy atom. The lowest BCUT2D eigenvalue weighted by Crippen LogP contribution is -2.25. The number of carbonyl (C=O) groups excluding carboxylic acids is 1. The molecule has 3 rings (SSSR count). The Hall–Kier alpha value is -3.26. The third-order valence-electron chi connectivity index (χ3n) is 5.77. The van der Waals surface area contributed by atoms with Crippen LogP contribution in [0.15, 0.2) is 69.2 Å². The van der Waals surface area contributed by atoms with Crippen molar-refractivity contribution >= 4 is 15.9 Å². The maximum atomic E-state index is 12.9. The zero-order chi connectivity index (χ0) is 25.0. The fourth-order valence-corrected chi connectivity index (χ4v) is 5.91. The van der Waals surface area contributed by atoms with Crippen LogP contribution in [0.1, 0.15) is 28.6 Å². The van der Waals surface area contributed by atoms with Gasteiger partial charge in [-0.15, -0.1) is 0 Å². The molecule has 0 aliphatic carbocycles. The van der Waals surface area contributed by atoms with E-state index in [1.165, 1.54) is 37.5 Å². The lowest BCUT2D eigenvalue weighted by Gasteiger charge is -2.26. The number of fused-ring (bicyclic) bond motifs is 1. The molecule has 1 aromatic heterocycles. The van der Waals surface area contributed by atoms with Crippen molar-refractivity contribution in [2.24, 2.45) is 0 Å². The lowest BCUT2D eigenvalue weighted by atomic mass is 10.1. The Labute approximate surface area is 202 Å². The van der Waals surface area contributed by atoms with E-state index in [0.717, 1.165) is 17.7 Å². The van der Waals surface area contributed by atoms with Gasteiger partial charge in [0.15, 0.2) is 5.76 Å². The number of methoxy groups -OCH3 is 3. The number of benzene rings is 1. The van der Waals surface area contributed by atoms with Crippen LogP contribution in [0.5, 0.6) is 11.7 Å². The van der Waals surface area contributed by atoms with Crippen LogP contribution in [0.25, 0.3) is 0 Å². The maximum Gasteiger partial charge on any atom is 0.291 e. The standard InChI is InChI=1S/C26H33NO6S/c1-16-13-19-11-12-34(7,8)23(19)15-21(16)33-24-10-9-20(32-24)26(28)27-25(18(3)30-5)22(31-6)14-17(2)29-4/h9-10,13-15H,2,11-12H2,1,3-8H3,(H,27,28)/b22-14+,25-18-. The van der Waals surface area contributed by atoms with Crippen LogP contribution >= 0.6 is 10.0 Å². The van der Waals surface area contributed by atoms with Crippen LogP contribution in [0.2, 0.25) is 0 Å². The van der Waals surface area contributed by atoms with Gasteiger partial charge in [-0.25, -0.2) is 10.0 Å². The molecule has 0 radical (unpaired) electrons. The van der Waals surface area contributed by atoms with Crippen molar-refractivity contribution in [3.05, 3.63) is 76.8 Å². The highest BCUT2D eigenvalue weighted by Crippen LogP contribution is 2.57. The van der Waals surface area contributed by atoms with Crippen LogP contribution in [0.3, 0.4) is 0 Å². The van der Waals surface area contributed by atoms with Crippen molar-refractivity contribution in [1.29, 1.82) is 0 Å². The molecule has 1 aliphatic rings. The van der Waals surface area contributed by atoms with E-state index in [1.54, 1.807) is 25.1 Å². The van der Waals surface area contributed by atoms with E-state index in [1.807, 2.05) is 6.92 Å². The van der Waals surface area contributed by atoms with Crippen LogP contribution in [0, 0.1) is 6.92 Å². The van der Waals surface area contributed by atoms with E-state index in [-0.39, 0.29) is 11.7 Å². The second-order valence-electron chi connectivity index (χ2n) is 8.41. The zero-order valence-electron chi connectivity index (χ0n) is 20.9. The van der Waals surface area contributed by atoms with Crippen LogP contribution in [-0.2, 0) is 20.6 Å². The van der Waals surface area contributed by atoms with Gasteiger partial charge in [0.25, 0.3) is 11.9 Å². The second kappa shape index (κ2) is 10.3. The topological polar surface area (TPSA) is 79.2 Å². The van der Waals surface area contributed by atoms with Crippen molar-refractivity contribution in [1.82, 2.24) is 5.32 Å². The van der Waals surface area contributed by atoms with Crippen molar-refractivity contribution in [3.63, 3.8) is 0 Å². The van der Waals surface area contributed by atoms with Gasteiger partial charge in [0.1, 0.15) is 28.7 Å². The predicted molar refractivity (Wildman–Crippen MR) is 135 cm³/mol. The Kier molecular flexibility index (Phi) is 7.71. The first-order valence-electron chi connectivity index (χ1n) is 10.8. The van der Waals surface area contributed by atoms with E-state index in [2.05, 4.69) is 36.5 Å². The molecule has 0 atom stereocenters. The number of carbonyl (C=O) groups is 1. The summed E-state index contributed by atoms with van der Waals surface area (Å²) < 4.78 is 27.6. The molecule has 2 aromatic rings. The fourth-order valence-electron chi connectivity index (χ4n) is 3.67. The summed E-state index contributed by atoms with van der Waals surface area (Å²) in [6.45, 7) is 7.48. The molecule has 0 fully saturated rings. The highest BCUT2D eigenvalue weighted by molar-refractivity contribution is 8.32. The predicted octanol–water partition coefficient (Wildman–Crippen LogP) is 5.66. The summed E-state index contributed by atoms with van der Waals surface area (Å²) in [6.07, 6.45) is 7.31. The summed E-state index contributed by atoms with van der Waals surface area (Å²) >= 11 is 0. The van der Waals surface area contributed by atoms with Crippen molar-refractivity contribution in [2.45, 2.75) is 25.2 Å². The van der Waals surface area contributed by atoms with E-state index < -0.39 is 15.9 Å². The van der Waals surface area contributed by atoms with Gasteiger partial charge in [-0.05, 0) is 66.7 Å². The van der Waals surface area contributed by atoms with Crippen molar-refractivity contribution < 1.29 is 28.2 Å². The Bertz CT molecular complexity index is 1160. The molecule has 7 nitrogen and oxygen atoms in total. The van der Waals surface area contributed by atoms with Gasteiger partial charge in [-0.2, -0.15) is 0 Å². The molecule has 0 unspecified atom stereocenters. The van der Waals surface area contributed by atoms with Crippen LogP contribution in [-0.4, -0.2) is 45.5 Å². The largest absolute Gasteiger partial charge is 0.499 e. The Balaban J connectivity index is 1.81. The summed E-state index contributed by atoms with van der Waals surface area (Å²) in [5.74, 6) is 2.89. The fraction of sp³-hybridized carbons (Fsp3) is 0.346. The average molecular weight is 488 g/mol. The molecular formula is C26H33NO6S. The van der Waals surface area contributed by atoms with Crippen LogP contribution in [0.4, 0.5) is 0 Å². The van der Waals surface area contributed by atoms with E-state index >= 15 is 0 Å². The van der Waals surface area contributed by atoms with Crippen molar-refractivity contribution in [3.8, 4) is 11.7 Å². The minimum atomic E-state index is -0.815. The molecule has 1 aromatic carbocycles. The quantitative estimate of drug-likeness (QED) is 0.363. The van der Waals surface area contributed by atoms with E-state index in [4.69, 9.17) is 23.4 Å².